The lowest BCUT2D eigenvalue weighted by Crippen LogP contribution is -2.30. The van der Waals surface area contributed by atoms with E-state index in [0.29, 0.717) is 5.82 Å². The molecule has 0 aromatic carbocycles. The van der Waals surface area contributed by atoms with E-state index in [2.05, 4.69) is 10.3 Å². The van der Waals surface area contributed by atoms with Gasteiger partial charge >= 0.3 is 6.18 Å². The molecule has 0 bridgehead atoms. The van der Waals surface area contributed by atoms with Crippen LogP contribution in [0.4, 0.5) is 19.0 Å². The number of alkyl halides is 3. The highest BCUT2D eigenvalue weighted by Crippen LogP contribution is 2.20. The summed E-state index contributed by atoms with van der Waals surface area (Å²) in [7, 11) is 2.90. The normalized spacial score (nSPS) is 11.3. The minimum Gasteiger partial charge on any atom is -0.373 e. The number of hydrogen-bond donors (Lipinski definition) is 1. The molecule has 0 spiro atoms. The van der Waals surface area contributed by atoms with Crippen molar-refractivity contribution >= 4 is 23.3 Å². The molecule has 1 rings (SSSR count). The van der Waals surface area contributed by atoms with Crippen LogP contribution >= 0.6 is 11.6 Å². The number of anilines is 1. The Morgan fingerprint density at radius 3 is 2.63 bits per heavy atom. The number of nitrogens with one attached hydrogen (secondary N) is 1. The van der Waals surface area contributed by atoms with Crippen LogP contribution in [0.15, 0.2) is 12.1 Å². The van der Waals surface area contributed by atoms with Crippen LogP contribution in [0.1, 0.15) is 16.8 Å². The highest BCUT2D eigenvalue weighted by molar-refractivity contribution is 6.29. The van der Waals surface area contributed by atoms with Gasteiger partial charge in [-0.2, -0.15) is 13.2 Å². The van der Waals surface area contributed by atoms with Gasteiger partial charge in [-0.3, -0.25) is 4.79 Å². The van der Waals surface area contributed by atoms with Crippen molar-refractivity contribution < 1.29 is 18.0 Å². The summed E-state index contributed by atoms with van der Waals surface area (Å²) in [6.07, 6.45) is -5.34. The Morgan fingerprint density at radius 1 is 1.47 bits per heavy atom. The fraction of sp³-hybridized carbons (Fsp3) is 0.455. The Kier molecular flexibility index (Phi) is 4.99. The largest absolute Gasteiger partial charge is 0.390 e. The van der Waals surface area contributed by atoms with E-state index in [1.807, 2.05) is 0 Å². The van der Waals surface area contributed by atoms with E-state index in [4.69, 9.17) is 11.6 Å². The molecule has 1 amide bonds. The van der Waals surface area contributed by atoms with Gasteiger partial charge in [0, 0.05) is 26.2 Å². The first-order chi connectivity index (χ1) is 8.73. The van der Waals surface area contributed by atoms with Gasteiger partial charge in [0.15, 0.2) is 0 Å². The summed E-state index contributed by atoms with van der Waals surface area (Å²) in [4.78, 5) is 16.8. The molecule has 19 heavy (non-hydrogen) atoms. The molecular formula is C11H13ClF3N3O. The summed E-state index contributed by atoms with van der Waals surface area (Å²) in [5.74, 6) is -0.162. The molecule has 0 atom stereocenters. The van der Waals surface area contributed by atoms with Crippen LogP contribution in [0, 0.1) is 0 Å². The second kappa shape index (κ2) is 6.10. The number of carbonyl (C=O) groups excluding carboxylic acids is 1. The molecule has 0 aliphatic rings. The monoisotopic (exact) mass is 295 g/mol. The van der Waals surface area contributed by atoms with Crippen LogP contribution in [0.5, 0.6) is 0 Å². The number of hydrogen-bond acceptors (Lipinski definition) is 3. The van der Waals surface area contributed by atoms with Crippen LogP contribution in [0.2, 0.25) is 5.15 Å². The molecule has 1 aromatic rings. The average Bonchev–Trinajstić information content (AvgIpc) is 2.33. The van der Waals surface area contributed by atoms with Crippen molar-refractivity contribution in [3.63, 3.8) is 0 Å². The van der Waals surface area contributed by atoms with Crippen molar-refractivity contribution in [2.45, 2.75) is 12.6 Å². The standard InChI is InChI=1S/C11H13ClF3N3O/c1-16-9-6-7(5-8(12)17-9)10(19)18(2)4-3-11(13,14)15/h5-6H,3-4H2,1-2H3,(H,16,17). The molecular weight excluding hydrogens is 283 g/mol. The van der Waals surface area contributed by atoms with Gasteiger partial charge in [0.2, 0.25) is 0 Å². The number of pyridine rings is 1. The quantitative estimate of drug-likeness (QED) is 0.869. The van der Waals surface area contributed by atoms with Gasteiger partial charge in [-0.15, -0.1) is 0 Å². The Labute approximate surface area is 113 Å². The van der Waals surface area contributed by atoms with Crippen LogP contribution in [0.25, 0.3) is 0 Å². The lowest BCUT2D eigenvalue weighted by Gasteiger charge is -2.18. The van der Waals surface area contributed by atoms with Crippen LogP contribution in [0.3, 0.4) is 0 Å². The fourth-order valence-corrected chi connectivity index (χ4v) is 1.57. The highest BCUT2D eigenvalue weighted by atomic mass is 35.5. The zero-order valence-corrected chi connectivity index (χ0v) is 11.1. The number of rotatable bonds is 4. The third-order valence-corrected chi connectivity index (χ3v) is 2.57. The molecule has 1 N–H and O–H groups in total. The smallest absolute Gasteiger partial charge is 0.373 e. The van der Waals surface area contributed by atoms with E-state index in [0.717, 1.165) is 4.90 Å². The van der Waals surface area contributed by atoms with Gasteiger partial charge in [0.1, 0.15) is 11.0 Å². The minimum absolute atomic E-state index is 0.0967. The molecule has 0 fully saturated rings. The summed E-state index contributed by atoms with van der Waals surface area (Å²) in [6, 6.07) is 2.74. The topological polar surface area (TPSA) is 45.2 Å². The highest BCUT2D eigenvalue weighted by Gasteiger charge is 2.28. The zero-order chi connectivity index (χ0) is 14.6. The minimum atomic E-state index is -4.29. The van der Waals surface area contributed by atoms with Crippen molar-refractivity contribution in [3.05, 3.63) is 22.8 Å². The molecule has 106 valence electrons. The summed E-state index contributed by atoms with van der Waals surface area (Å²) in [5, 5.41) is 2.81. The van der Waals surface area contributed by atoms with E-state index in [1.54, 1.807) is 7.05 Å². The first kappa shape index (κ1) is 15.6. The summed E-state index contributed by atoms with van der Waals surface area (Å²) in [5.41, 5.74) is 0.189. The maximum Gasteiger partial charge on any atom is 0.390 e. The molecule has 0 unspecified atom stereocenters. The molecule has 8 heteroatoms. The molecule has 0 aliphatic carbocycles. The number of amides is 1. The molecule has 0 radical (unpaired) electrons. The first-order valence-corrected chi connectivity index (χ1v) is 5.78. The zero-order valence-electron chi connectivity index (χ0n) is 10.4. The third kappa shape index (κ3) is 4.94. The lowest BCUT2D eigenvalue weighted by atomic mass is 10.2. The van der Waals surface area contributed by atoms with Crippen molar-refractivity contribution in [2.75, 3.05) is 26.0 Å². The summed E-state index contributed by atoms with van der Waals surface area (Å²) >= 11 is 5.73. The molecule has 4 nitrogen and oxygen atoms in total. The van der Waals surface area contributed by atoms with Gasteiger partial charge in [0.05, 0.1) is 6.42 Å². The summed E-state index contributed by atoms with van der Waals surface area (Å²) < 4.78 is 36.3. The predicted octanol–water partition coefficient (Wildman–Crippen LogP) is 2.80. The van der Waals surface area contributed by atoms with Crippen LogP contribution < -0.4 is 5.32 Å². The average molecular weight is 296 g/mol. The van der Waals surface area contributed by atoms with Crippen molar-refractivity contribution in [1.82, 2.24) is 9.88 Å². The van der Waals surface area contributed by atoms with Gasteiger partial charge < -0.3 is 10.2 Å². The Bertz CT molecular complexity index is 465. The molecule has 1 heterocycles. The maximum absolute atomic E-state index is 12.1. The summed E-state index contributed by atoms with van der Waals surface area (Å²) in [6.45, 7) is -0.406. The molecule has 0 saturated carbocycles. The number of aromatic nitrogens is 1. The van der Waals surface area contributed by atoms with Crippen molar-refractivity contribution in [3.8, 4) is 0 Å². The number of halogens is 4. The van der Waals surface area contributed by atoms with Gasteiger partial charge in [-0.05, 0) is 12.1 Å². The van der Waals surface area contributed by atoms with Crippen LogP contribution in [-0.4, -0.2) is 42.6 Å². The predicted molar refractivity (Wildman–Crippen MR) is 66.4 cm³/mol. The van der Waals surface area contributed by atoms with Crippen LogP contribution in [-0.2, 0) is 0 Å². The number of carbonyl (C=O) groups is 1. The lowest BCUT2D eigenvalue weighted by molar-refractivity contribution is -0.136. The van der Waals surface area contributed by atoms with Crippen molar-refractivity contribution in [2.24, 2.45) is 0 Å². The Hall–Kier alpha value is -1.50. The Balaban J connectivity index is 2.79. The Morgan fingerprint density at radius 2 is 2.11 bits per heavy atom. The van der Waals surface area contributed by atoms with E-state index in [9.17, 15) is 18.0 Å². The molecule has 1 aromatic heterocycles. The maximum atomic E-state index is 12.1. The second-order valence-electron chi connectivity index (χ2n) is 3.91. The van der Waals surface area contributed by atoms with Gasteiger partial charge in [-0.25, -0.2) is 4.98 Å². The number of nitrogens with zero attached hydrogens (tertiary/aromatic N) is 2. The SMILES string of the molecule is CNc1cc(C(=O)N(C)CCC(F)(F)F)cc(Cl)n1. The van der Waals surface area contributed by atoms with E-state index >= 15 is 0 Å². The van der Waals surface area contributed by atoms with E-state index in [-0.39, 0.29) is 10.7 Å². The second-order valence-corrected chi connectivity index (χ2v) is 4.29. The van der Waals surface area contributed by atoms with E-state index in [1.165, 1.54) is 19.2 Å². The third-order valence-electron chi connectivity index (χ3n) is 2.37. The van der Waals surface area contributed by atoms with Gasteiger partial charge in [-0.1, -0.05) is 11.6 Å². The van der Waals surface area contributed by atoms with Crippen molar-refractivity contribution in [1.29, 1.82) is 0 Å². The van der Waals surface area contributed by atoms with E-state index < -0.39 is 25.0 Å². The first-order valence-electron chi connectivity index (χ1n) is 5.40. The molecule has 0 saturated heterocycles. The fourth-order valence-electron chi connectivity index (χ4n) is 1.36. The van der Waals surface area contributed by atoms with Gasteiger partial charge in [0.25, 0.3) is 5.91 Å². The molecule has 0 aliphatic heterocycles.